The molecule has 0 fully saturated rings. The van der Waals surface area contributed by atoms with Gasteiger partial charge in [0.2, 0.25) is 10.0 Å². The first kappa shape index (κ1) is 23.2. The molecule has 32 heavy (non-hydrogen) atoms. The highest BCUT2D eigenvalue weighted by Crippen LogP contribution is 2.26. The third-order valence-corrected chi connectivity index (χ3v) is 6.26. The molecule has 0 saturated heterocycles. The topological polar surface area (TPSA) is 84.9 Å². The van der Waals surface area contributed by atoms with Gasteiger partial charge in [0, 0.05) is 25.3 Å². The van der Waals surface area contributed by atoms with Crippen molar-refractivity contribution < 1.29 is 27.1 Å². The van der Waals surface area contributed by atoms with Gasteiger partial charge in [0.15, 0.2) is 0 Å². The van der Waals surface area contributed by atoms with E-state index < -0.39 is 26.6 Å². The smallest absolute Gasteiger partial charge is 0.255 e. The summed E-state index contributed by atoms with van der Waals surface area (Å²) in [6.07, 6.45) is 0. The Morgan fingerprint density at radius 1 is 0.938 bits per heavy atom. The van der Waals surface area contributed by atoms with Gasteiger partial charge in [-0.2, -0.15) is 0 Å². The second-order valence-corrected chi connectivity index (χ2v) is 9.04. The summed E-state index contributed by atoms with van der Waals surface area (Å²) in [4.78, 5) is 12.0. The van der Waals surface area contributed by atoms with Crippen molar-refractivity contribution in [1.82, 2.24) is 4.31 Å². The zero-order valence-corrected chi connectivity index (χ0v) is 18.6. The molecular weight excluding hydrogens is 435 g/mol. The van der Waals surface area contributed by atoms with E-state index in [1.807, 2.05) is 6.92 Å². The summed E-state index contributed by atoms with van der Waals surface area (Å²) < 4.78 is 50.6. The van der Waals surface area contributed by atoms with Crippen LogP contribution in [0.15, 0.2) is 71.6 Å². The van der Waals surface area contributed by atoms with Crippen molar-refractivity contribution in [2.45, 2.75) is 11.8 Å². The number of nitrogens with one attached hydrogen (secondary N) is 1. The van der Waals surface area contributed by atoms with Crippen molar-refractivity contribution >= 4 is 21.6 Å². The molecule has 0 unspecified atom stereocenters. The molecular formula is C23H23FN2O5S. The quantitative estimate of drug-likeness (QED) is 0.537. The van der Waals surface area contributed by atoms with Crippen LogP contribution in [0.1, 0.15) is 17.3 Å². The van der Waals surface area contributed by atoms with Crippen molar-refractivity contribution in [3.63, 3.8) is 0 Å². The third-order valence-electron chi connectivity index (χ3n) is 4.43. The zero-order chi connectivity index (χ0) is 23.3. The molecule has 0 heterocycles. The lowest BCUT2D eigenvalue weighted by Crippen LogP contribution is -2.24. The minimum Gasteiger partial charge on any atom is -0.494 e. The molecule has 0 radical (unpaired) electrons. The molecule has 0 atom stereocenters. The van der Waals surface area contributed by atoms with Crippen LogP contribution >= 0.6 is 0 Å². The van der Waals surface area contributed by atoms with Gasteiger partial charge in [-0.1, -0.05) is 0 Å². The SMILES string of the molecule is CCOc1ccc(Oc2ccc(NC(=O)c3ccc(F)c(S(=O)(=O)N(C)C)c3)cc2)cc1. The second-order valence-electron chi connectivity index (χ2n) is 6.92. The number of amides is 1. The summed E-state index contributed by atoms with van der Waals surface area (Å²) >= 11 is 0. The number of benzene rings is 3. The molecule has 0 bridgehead atoms. The van der Waals surface area contributed by atoms with Gasteiger partial charge in [-0.25, -0.2) is 17.1 Å². The van der Waals surface area contributed by atoms with Gasteiger partial charge >= 0.3 is 0 Å². The molecule has 0 aliphatic carbocycles. The number of rotatable bonds is 8. The highest BCUT2D eigenvalue weighted by Gasteiger charge is 2.23. The summed E-state index contributed by atoms with van der Waals surface area (Å²) in [6, 6.07) is 17.0. The van der Waals surface area contributed by atoms with Gasteiger partial charge in [0.1, 0.15) is 28.0 Å². The molecule has 0 aliphatic heterocycles. The fraction of sp³-hybridized carbons (Fsp3) is 0.174. The van der Waals surface area contributed by atoms with E-state index >= 15 is 0 Å². The van der Waals surface area contributed by atoms with Crippen molar-refractivity contribution in [3.8, 4) is 17.2 Å². The molecule has 3 rings (SSSR count). The Kier molecular flexibility index (Phi) is 7.12. The lowest BCUT2D eigenvalue weighted by molar-refractivity contribution is 0.102. The normalized spacial score (nSPS) is 11.3. The first-order valence-electron chi connectivity index (χ1n) is 9.75. The maximum Gasteiger partial charge on any atom is 0.255 e. The predicted molar refractivity (Wildman–Crippen MR) is 119 cm³/mol. The van der Waals surface area contributed by atoms with E-state index in [0.29, 0.717) is 23.8 Å². The van der Waals surface area contributed by atoms with Crippen LogP contribution in [-0.2, 0) is 10.0 Å². The highest BCUT2D eigenvalue weighted by atomic mass is 32.2. The second kappa shape index (κ2) is 9.80. The van der Waals surface area contributed by atoms with Crippen LogP contribution in [0.3, 0.4) is 0 Å². The number of anilines is 1. The van der Waals surface area contributed by atoms with Crippen LogP contribution < -0.4 is 14.8 Å². The van der Waals surface area contributed by atoms with E-state index in [4.69, 9.17) is 9.47 Å². The lowest BCUT2D eigenvalue weighted by Gasteiger charge is -2.13. The molecule has 0 aromatic heterocycles. The number of ether oxygens (including phenoxy) is 2. The molecule has 3 aromatic rings. The summed E-state index contributed by atoms with van der Waals surface area (Å²) in [5.74, 6) is 0.450. The Hall–Kier alpha value is -3.43. The lowest BCUT2D eigenvalue weighted by atomic mass is 10.2. The van der Waals surface area contributed by atoms with Crippen LogP contribution in [0, 0.1) is 5.82 Å². The van der Waals surface area contributed by atoms with Gasteiger partial charge in [0.25, 0.3) is 5.91 Å². The van der Waals surface area contributed by atoms with Crippen LogP contribution in [0.2, 0.25) is 0 Å². The molecule has 1 amide bonds. The molecule has 0 aliphatic rings. The number of hydrogen-bond donors (Lipinski definition) is 1. The number of carbonyl (C=O) groups excluding carboxylic acids is 1. The summed E-state index contributed by atoms with van der Waals surface area (Å²) in [7, 11) is -1.44. The molecule has 0 spiro atoms. The van der Waals surface area contributed by atoms with Gasteiger partial charge in [-0.3, -0.25) is 4.79 Å². The Balaban J connectivity index is 1.70. The first-order valence-corrected chi connectivity index (χ1v) is 11.2. The zero-order valence-electron chi connectivity index (χ0n) is 17.8. The van der Waals surface area contributed by atoms with Crippen LogP contribution in [0.25, 0.3) is 0 Å². The molecule has 168 valence electrons. The minimum atomic E-state index is -4.02. The minimum absolute atomic E-state index is 0.0153. The Bertz CT molecular complexity index is 1190. The molecule has 3 aromatic carbocycles. The van der Waals surface area contributed by atoms with Crippen molar-refractivity contribution in [2.75, 3.05) is 26.0 Å². The van der Waals surface area contributed by atoms with Gasteiger partial charge in [-0.05, 0) is 73.7 Å². The largest absolute Gasteiger partial charge is 0.494 e. The number of sulfonamides is 1. The van der Waals surface area contributed by atoms with E-state index in [-0.39, 0.29) is 5.56 Å². The van der Waals surface area contributed by atoms with Gasteiger partial charge < -0.3 is 14.8 Å². The molecule has 9 heteroatoms. The summed E-state index contributed by atoms with van der Waals surface area (Å²) in [5, 5.41) is 2.66. The third kappa shape index (κ3) is 5.43. The van der Waals surface area contributed by atoms with E-state index in [1.54, 1.807) is 48.5 Å². The number of nitrogens with zero attached hydrogens (tertiary/aromatic N) is 1. The van der Waals surface area contributed by atoms with Crippen molar-refractivity contribution in [3.05, 3.63) is 78.1 Å². The molecule has 1 N–H and O–H groups in total. The number of carbonyl (C=O) groups is 1. The highest BCUT2D eigenvalue weighted by molar-refractivity contribution is 7.89. The maximum atomic E-state index is 14.0. The van der Waals surface area contributed by atoms with Gasteiger partial charge in [0.05, 0.1) is 6.61 Å². The van der Waals surface area contributed by atoms with Crippen molar-refractivity contribution in [2.24, 2.45) is 0 Å². The number of hydrogen-bond acceptors (Lipinski definition) is 5. The average Bonchev–Trinajstić information content (AvgIpc) is 2.76. The van der Waals surface area contributed by atoms with Crippen LogP contribution in [0.5, 0.6) is 17.2 Å². The Labute approximate surface area is 186 Å². The Morgan fingerprint density at radius 3 is 2.06 bits per heavy atom. The van der Waals surface area contributed by atoms with E-state index in [2.05, 4.69) is 5.32 Å². The van der Waals surface area contributed by atoms with E-state index in [0.717, 1.165) is 22.2 Å². The predicted octanol–water partition coefficient (Wildman–Crippen LogP) is 4.52. The van der Waals surface area contributed by atoms with E-state index in [1.165, 1.54) is 20.2 Å². The first-order chi connectivity index (χ1) is 15.2. The maximum absolute atomic E-state index is 14.0. The van der Waals surface area contributed by atoms with Crippen LogP contribution in [-0.4, -0.2) is 39.3 Å². The summed E-state index contributed by atoms with van der Waals surface area (Å²) in [6.45, 7) is 2.49. The van der Waals surface area contributed by atoms with E-state index in [9.17, 15) is 17.6 Å². The van der Waals surface area contributed by atoms with Crippen molar-refractivity contribution in [1.29, 1.82) is 0 Å². The number of halogens is 1. The fourth-order valence-corrected chi connectivity index (χ4v) is 3.74. The fourth-order valence-electron chi connectivity index (χ4n) is 2.76. The van der Waals surface area contributed by atoms with Crippen LogP contribution in [0.4, 0.5) is 10.1 Å². The average molecular weight is 459 g/mol. The standard InChI is InChI=1S/C23H23FN2O5S/c1-4-30-18-10-12-20(13-11-18)31-19-8-6-17(7-9-19)25-23(27)16-5-14-21(24)22(15-16)32(28,29)26(2)3/h5-15H,4H2,1-3H3,(H,25,27). The monoisotopic (exact) mass is 458 g/mol. The van der Waals surface area contributed by atoms with Gasteiger partial charge in [-0.15, -0.1) is 0 Å². The Morgan fingerprint density at radius 2 is 1.50 bits per heavy atom. The summed E-state index contributed by atoms with van der Waals surface area (Å²) in [5.41, 5.74) is 0.483. The molecule has 7 nitrogen and oxygen atoms in total. The molecule has 0 saturated carbocycles.